The molecule has 0 saturated heterocycles. The summed E-state index contributed by atoms with van der Waals surface area (Å²) in [5.41, 5.74) is 0.950. The van der Waals surface area contributed by atoms with Gasteiger partial charge in [-0.05, 0) is 46.2 Å². The van der Waals surface area contributed by atoms with E-state index in [9.17, 15) is 9.90 Å². The number of esters is 1. The first-order valence-electron chi connectivity index (χ1n) is 6.04. The Morgan fingerprint density at radius 2 is 2.00 bits per heavy atom. The van der Waals surface area contributed by atoms with Crippen molar-refractivity contribution in [3.05, 3.63) is 29.6 Å². The average molecular weight is 251 g/mol. The molecule has 0 saturated carbocycles. The molecule has 0 radical (unpaired) electrons. The van der Waals surface area contributed by atoms with E-state index in [4.69, 9.17) is 4.74 Å². The van der Waals surface area contributed by atoms with E-state index in [2.05, 4.69) is 4.98 Å². The summed E-state index contributed by atoms with van der Waals surface area (Å²) in [5, 5.41) is 10.1. The van der Waals surface area contributed by atoms with Crippen molar-refractivity contribution in [3.63, 3.8) is 0 Å². The van der Waals surface area contributed by atoms with E-state index >= 15 is 0 Å². The van der Waals surface area contributed by atoms with Crippen LogP contribution in [0.3, 0.4) is 0 Å². The highest BCUT2D eigenvalue weighted by molar-refractivity contribution is 5.73. The van der Waals surface area contributed by atoms with Crippen LogP contribution in [0.5, 0.6) is 0 Å². The quantitative estimate of drug-likeness (QED) is 0.838. The smallest absolute Gasteiger partial charge is 0.312 e. The molecule has 2 unspecified atom stereocenters. The van der Waals surface area contributed by atoms with Gasteiger partial charge in [0.25, 0.3) is 0 Å². The molecule has 4 heteroatoms. The third-order valence-corrected chi connectivity index (χ3v) is 2.53. The normalized spacial score (nSPS) is 15.0. The Hall–Kier alpha value is -1.42. The molecule has 1 heterocycles. The molecule has 0 aliphatic rings. The Bertz CT molecular complexity index is 406. The second-order valence-electron chi connectivity index (χ2n) is 5.50. The number of nitrogens with zero attached hydrogens (tertiary/aromatic N) is 1. The van der Waals surface area contributed by atoms with Gasteiger partial charge >= 0.3 is 5.97 Å². The van der Waals surface area contributed by atoms with Crippen LogP contribution in [-0.4, -0.2) is 21.7 Å². The fourth-order valence-electron chi connectivity index (χ4n) is 1.47. The van der Waals surface area contributed by atoms with Gasteiger partial charge in [0, 0.05) is 11.9 Å². The largest absolute Gasteiger partial charge is 0.460 e. The molecule has 1 aromatic heterocycles. The molecule has 0 bridgehead atoms. The van der Waals surface area contributed by atoms with Gasteiger partial charge in [0.05, 0.1) is 12.0 Å². The maximum Gasteiger partial charge on any atom is 0.312 e. The van der Waals surface area contributed by atoms with E-state index in [0.29, 0.717) is 5.56 Å². The third-order valence-electron chi connectivity index (χ3n) is 2.53. The van der Waals surface area contributed by atoms with Crippen LogP contribution < -0.4 is 0 Å². The number of aryl methyl sites for hydroxylation is 1. The van der Waals surface area contributed by atoms with E-state index in [-0.39, 0.29) is 0 Å². The van der Waals surface area contributed by atoms with E-state index in [1.165, 1.54) is 0 Å². The summed E-state index contributed by atoms with van der Waals surface area (Å²) in [7, 11) is 0. The maximum absolute atomic E-state index is 11.8. The van der Waals surface area contributed by atoms with Crippen LogP contribution >= 0.6 is 0 Å². The SMILES string of the molecule is Cc1ccc(C(O)C(C)C(=O)OC(C)(C)C)cn1. The zero-order valence-electron chi connectivity index (χ0n) is 11.6. The minimum atomic E-state index is -0.895. The molecule has 0 amide bonds. The number of hydrogen-bond donors (Lipinski definition) is 1. The van der Waals surface area contributed by atoms with Crippen molar-refractivity contribution < 1.29 is 14.6 Å². The number of hydrogen-bond acceptors (Lipinski definition) is 4. The van der Waals surface area contributed by atoms with Crippen molar-refractivity contribution in [1.82, 2.24) is 4.98 Å². The average Bonchev–Trinajstić information content (AvgIpc) is 2.26. The highest BCUT2D eigenvalue weighted by atomic mass is 16.6. The highest BCUT2D eigenvalue weighted by Crippen LogP contribution is 2.24. The van der Waals surface area contributed by atoms with E-state index in [1.54, 1.807) is 46.0 Å². The Labute approximate surface area is 108 Å². The second-order valence-corrected chi connectivity index (χ2v) is 5.50. The first kappa shape index (κ1) is 14.6. The van der Waals surface area contributed by atoms with Crippen molar-refractivity contribution in [2.45, 2.75) is 46.3 Å². The molecule has 0 aliphatic heterocycles. The van der Waals surface area contributed by atoms with Gasteiger partial charge in [0.2, 0.25) is 0 Å². The molecule has 1 aromatic rings. The Kier molecular flexibility index (Phi) is 4.46. The molecule has 1 N–H and O–H groups in total. The molecular formula is C14H21NO3. The lowest BCUT2D eigenvalue weighted by molar-refractivity contribution is -0.163. The van der Waals surface area contributed by atoms with Gasteiger partial charge in [0.15, 0.2) is 0 Å². The zero-order valence-corrected chi connectivity index (χ0v) is 11.6. The van der Waals surface area contributed by atoms with Crippen LogP contribution in [0.1, 0.15) is 45.1 Å². The topological polar surface area (TPSA) is 59.4 Å². The van der Waals surface area contributed by atoms with Crippen molar-refractivity contribution >= 4 is 5.97 Å². The van der Waals surface area contributed by atoms with Gasteiger partial charge in [-0.15, -0.1) is 0 Å². The summed E-state index contributed by atoms with van der Waals surface area (Å²) >= 11 is 0. The molecule has 1 rings (SSSR count). The molecule has 0 aliphatic carbocycles. The van der Waals surface area contributed by atoms with Crippen LogP contribution in [0.4, 0.5) is 0 Å². The maximum atomic E-state index is 11.8. The number of pyridine rings is 1. The van der Waals surface area contributed by atoms with Crippen LogP contribution in [0.25, 0.3) is 0 Å². The summed E-state index contributed by atoms with van der Waals surface area (Å²) < 4.78 is 5.25. The standard InChI is InChI=1S/C14H21NO3/c1-9-6-7-11(8-15-9)12(16)10(2)13(17)18-14(3,4)5/h6-8,10,12,16H,1-5H3. The molecule has 4 nitrogen and oxygen atoms in total. The summed E-state index contributed by atoms with van der Waals surface area (Å²) in [4.78, 5) is 15.9. The molecule has 18 heavy (non-hydrogen) atoms. The highest BCUT2D eigenvalue weighted by Gasteiger charge is 2.28. The van der Waals surface area contributed by atoms with Crippen molar-refractivity contribution in [1.29, 1.82) is 0 Å². The van der Waals surface area contributed by atoms with Gasteiger partial charge < -0.3 is 9.84 Å². The lowest BCUT2D eigenvalue weighted by Crippen LogP contribution is -2.30. The third kappa shape index (κ3) is 4.11. The molecule has 0 spiro atoms. The number of carbonyl (C=O) groups excluding carboxylic acids is 1. The minimum absolute atomic E-state index is 0.407. The van der Waals surface area contributed by atoms with Crippen LogP contribution in [-0.2, 0) is 9.53 Å². The number of carbonyl (C=O) groups is 1. The number of aromatic nitrogens is 1. The van der Waals surface area contributed by atoms with Crippen molar-refractivity contribution in [2.24, 2.45) is 5.92 Å². The van der Waals surface area contributed by atoms with E-state index < -0.39 is 23.6 Å². The van der Waals surface area contributed by atoms with Crippen LogP contribution in [0.2, 0.25) is 0 Å². The fraction of sp³-hybridized carbons (Fsp3) is 0.571. The van der Waals surface area contributed by atoms with Crippen molar-refractivity contribution in [2.75, 3.05) is 0 Å². The van der Waals surface area contributed by atoms with Crippen molar-refractivity contribution in [3.8, 4) is 0 Å². The molecule has 100 valence electrons. The fourth-order valence-corrected chi connectivity index (χ4v) is 1.47. The molecule has 0 fully saturated rings. The molecular weight excluding hydrogens is 230 g/mol. The number of rotatable bonds is 3. The minimum Gasteiger partial charge on any atom is -0.460 e. The van der Waals surface area contributed by atoms with Gasteiger partial charge in [-0.2, -0.15) is 0 Å². The lowest BCUT2D eigenvalue weighted by Gasteiger charge is -2.24. The van der Waals surface area contributed by atoms with Gasteiger partial charge in [0.1, 0.15) is 5.60 Å². The predicted molar refractivity (Wildman–Crippen MR) is 68.9 cm³/mol. The summed E-state index contributed by atoms with van der Waals surface area (Å²) in [6, 6.07) is 3.58. The first-order valence-corrected chi connectivity index (χ1v) is 6.04. The first-order chi connectivity index (χ1) is 8.20. The Balaban J connectivity index is 2.74. The number of aliphatic hydroxyl groups excluding tert-OH is 1. The number of ether oxygens (including phenoxy) is 1. The van der Waals surface area contributed by atoms with Gasteiger partial charge in [-0.1, -0.05) is 6.07 Å². The zero-order chi connectivity index (χ0) is 13.9. The van der Waals surface area contributed by atoms with E-state index in [0.717, 1.165) is 5.69 Å². The van der Waals surface area contributed by atoms with Crippen LogP contribution in [0.15, 0.2) is 18.3 Å². The summed E-state index contributed by atoms with van der Waals surface area (Å²) in [5.74, 6) is -1.02. The summed E-state index contributed by atoms with van der Waals surface area (Å²) in [6.07, 6.45) is 0.689. The monoisotopic (exact) mass is 251 g/mol. The Morgan fingerprint density at radius 1 is 1.39 bits per heavy atom. The summed E-state index contributed by atoms with van der Waals surface area (Å²) in [6.45, 7) is 8.93. The molecule has 2 atom stereocenters. The molecule has 0 aromatic carbocycles. The van der Waals surface area contributed by atoms with Gasteiger partial charge in [-0.3, -0.25) is 9.78 Å². The predicted octanol–water partition coefficient (Wildman–Crippen LogP) is 2.40. The second kappa shape index (κ2) is 5.48. The number of aliphatic hydroxyl groups is 1. The van der Waals surface area contributed by atoms with Crippen LogP contribution in [0, 0.1) is 12.8 Å². The Morgan fingerprint density at radius 3 is 2.44 bits per heavy atom. The lowest BCUT2D eigenvalue weighted by atomic mass is 9.98. The van der Waals surface area contributed by atoms with Gasteiger partial charge in [-0.25, -0.2) is 0 Å². The van der Waals surface area contributed by atoms with E-state index in [1.807, 2.05) is 6.92 Å².